The van der Waals surface area contributed by atoms with Gasteiger partial charge in [-0.1, -0.05) is 48.0 Å². The zero-order valence-corrected chi connectivity index (χ0v) is 30.7. The number of nitrogens with one attached hydrogen (secondary N) is 1. The molecular weight excluding hydrogens is 729 g/mol. The number of nitrogens with two attached hydrogens (primary N) is 1. The largest absolute Gasteiger partial charge is 0.798 e. The molecule has 4 aliphatic heterocycles. The van der Waals surface area contributed by atoms with Crippen LogP contribution in [0.2, 0.25) is 0 Å². The summed E-state index contributed by atoms with van der Waals surface area (Å²) in [6.45, 7) is 7.21. The maximum absolute atomic E-state index is 13.0. The van der Waals surface area contributed by atoms with Crippen LogP contribution in [-0.2, 0) is 43.6 Å². The third kappa shape index (κ3) is 6.95. The highest BCUT2D eigenvalue weighted by Crippen LogP contribution is 2.68. The van der Waals surface area contributed by atoms with Gasteiger partial charge in [0, 0.05) is 9.49 Å². The number of β-lactam (4-membered cyclic amide) rings is 2. The Kier molecular flexibility index (Phi) is 10.3. The molecule has 6 rings (SSSR count). The van der Waals surface area contributed by atoms with Crippen molar-refractivity contribution in [2.24, 2.45) is 5.73 Å². The summed E-state index contributed by atoms with van der Waals surface area (Å²) in [5, 5.41) is 1.07. The predicted molar refractivity (Wildman–Crippen MR) is 182 cm³/mol. The summed E-state index contributed by atoms with van der Waals surface area (Å²) in [5.41, 5.74) is 7.59. The highest BCUT2D eigenvalue weighted by atomic mass is 32.3. The quantitative estimate of drug-likeness (QED) is 0.148. The summed E-state index contributed by atoms with van der Waals surface area (Å²) < 4.78 is 62.9. The molecule has 4 heterocycles. The van der Waals surface area contributed by atoms with Gasteiger partial charge in [0.2, 0.25) is 24.5 Å². The van der Waals surface area contributed by atoms with Crippen LogP contribution < -0.4 is 11.1 Å². The summed E-state index contributed by atoms with van der Waals surface area (Å²) in [6.07, 6.45) is -0.191. The SMILES string of the molecule is CC1(C)S[C@@H]2[C@H](NC(=O)C(N)c3ccccc3)C(=O)N2[C@@H]1C(=O)OCOC(=O)[C@@H]1N2C(=O)CC2S([O-])([O-])C1(C)C.Cc1ccc(S(=O)(=O)O)cc1. The van der Waals surface area contributed by atoms with Crippen LogP contribution in [0.1, 0.15) is 51.3 Å². The molecule has 16 nitrogen and oxygen atoms in total. The number of fused-ring (bicyclic) bond motifs is 2. The Hall–Kier alpha value is -3.72. The first-order valence-corrected chi connectivity index (χ1v) is 19.5. The average molecular weight is 767 g/mol. The fraction of sp³-hybridized carbons (Fsp3) is 0.469. The molecule has 0 spiro atoms. The molecule has 278 valence electrons. The smallest absolute Gasteiger partial charge is 0.333 e. The van der Waals surface area contributed by atoms with Gasteiger partial charge in [0.15, 0.2) is 0 Å². The number of esters is 2. The van der Waals surface area contributed by atoms with Gasteiger partial charge >= 0.3 is 11.9 Å². The van der Waals surface area contributed by atoms with Crippen LogP contribution in [-0.4, -0.2) is 107 Å². The van der Waals surface area contributed by atoms with Crippen LogP contribution >= 0.6 is 22.4 Å². The first kappa shape index (κ1) is 38.5. The maximum Gasteiger partial charge on any atom is 0.333 e. The van der Waals surface area contributed by atoms with Gasteiger partial charge in [-0.3, -0.25) is 18.9 Å². The molecule has 0 saturated carbocycles. The van der Waals surface area contributed by atoms with Gasteiger partial charge < -0.3 is 50.0 Å². The van der Waals surface area contributed by atoms with E-state index < -0.39 is 102 Å². The van der Waals surface area contributed by atoms with Crippen molar-refractivity contribution in [1.82, 2.24) is 15.1 Å². The second-order valence-corrected chi connectivity index (χ2v) is 19.4. The molecule has 0 aromatic heterocycles. The van der Waals surface area contributed by atoms with E-state index in [9.17, 15) is 41.5 Å². The number of ether oxygens (including phenoxy) is 2. The predicted octanol–water partition coefficient (Wildman–Crippen LogP) is 1.30. The van der Waals surface area contributed by atoms with Gasteiger partial charge in [-0.2, -0.15) is 8.42 Å². The lowest BCUT2D eigenvalue weighted by atomic mass is 9.95. The van der Waals surface area contributed by atoms with Crippen molar-refractivity contribution in [2.75, 3.05) is 6.79 Å². The van der Waals surface area contributed by atoms with Gasteiger partial charge in [0.1, 0.15) is 29.5 Å². The number of hydrogen-bond acceptors (Lipinski definition) is 13. The number of aryl methyl sites for hydroxylation is 1. The standard InChI is InChI=1S/C25H32N4O9S2.C7H8O3S/c1-24(2)17(29-20(32)16(21(29)39-24)27-19(31)15(26)12-8-6-5-7-9-12)22(33)37-11-38-23(34)18-25(3,4)40(35,36)14-10-13(30)28(14)18;1-6-2-4-7(5-3-6)11(8,9)10/h5-9,14-18,21,35-36H,10-11,26H2,1-4H3,(H,27,31);2-5H,1H3,(H,8,9,10)/p-2/t14?,15?,16-,17-,18+,21-;/m1./s1. The second-order valence-electron chi connectivity index (χ2n) is 13.5. The molecule has 4 fully saturated rings. The van der Waals surface area contributed by atoms with Crippen molar-refractivity contribution in [3.63, 3.8) is 0 Å². The molecule has 0 aliphatic carbocycles. The highest BCUT2D eigenvalue weighted by Gasteiger charge is 2.65. The monoisotopic (exact) mass is 766 g/mol. The summed E-state index contributed by atoms with van der Waals surface area (Å²) in [6, 6.07) is 10.4. The molecule has 4 saturated heterocycles. The fourth-order valence-electron chi connectivity index (χ4n) is 6.40. The molecule has 2 aromatic carbocycles. The van der Waals surface area contributed by atoms with E-state index in [1.54, 1.807) is 56.3 Å². The summed E-state index contributed by atoms with van der Waals surface area (Å²) in [5.74, 6) is -3.32. The third-order valence-electron chi connectivity index (χ3n) is 9.32. The number of thioether (sulfide) groups is 1. The number of carbonyl (C=O) groups is 5. The Morgan fingerprint density at radius 2 is 1.57 bits per heavy atom. The Balaban J connectivity index is 0.000000392. The number of amides is 3. The van der Waals surface area contributed by atoms with E-state index in [-0.39, 0.29) is 11.3 Å². The van der Waals surface area contributed by atoms with E-state index in [0.717, 1.165) is 10.5 Å². The van der Waals surface area contributed by atoms with E-state index in [2.05, 4.69) is 5.32 Å². The molecule has 3 amide bonds. The van der Waals surface area contributed by atoms with Crippen molar-refractivity contribution in [3.05, 3.63) is 65.7 Å². The van der Waals surface area contributed by atoms with Gasteiger partial charge in [-0.15, -0.1) is 11.8 Å². The first-order chi connectivity index (χ1) is 23.6. The van der Waals surface area contributed by atoms with Gasteiger partial charge in [0.25, 0.3) is 10.1 Å². The Morgan fingerprint density at radius 1 is 1.00 bits per heavy atom. The van der Waals surface area contributed by atoms with Crippen LogP contribution in [0.15, 0.2) is 59.5 Å². The van der Waals surface area contributed by atoms with E-state index >= 15 is 0 Å². The van der Waals surface area contributed by atoms with Gasteiger partial charge in [-0.25, -0.2) is 9.59 Å². The molecular formula is C32H38N4O12S3-2. The number of carbonyl (C=O) groups excluding carboxylic acids is 5. The molecule has 4 N–H and O–H groups in total. The van der Waals surface area contributed by atoms with Gasteiger partial charge in [0.05, 0.1) is 16.7 Å². The first-order valence-electron chi connectivity index (χ1n) is 15.6. The van der Waals surface area contributed by atoms with Crippen molar-refractivity contribution >= 4 is 62.1 Å². The van der Waals surface area contributed by atoms with E-state index in [1.807, 2.05) is 6.92 Å². The maximum atomic E-state index is 13.0. The van der Waals surface area contributed by atoms with E-state index in [0.29, 0.717) is 5.56 Å². The average Bonchev–Trinajstić information content (AvgIpc) is 3.38. The molecule has 19 heteroatoms. The Morgan fingerprint density at radius 3 is 2.12 bits per heavy atom. The zero-order valence-electron chi connectivity index (χ0n) is 28.2. The lowest BCUT2D eigenvalue weighted by Gasteiger charge is -2.70. The van der Waals surface area contributed by atoms with Gasteiger partial charge in [-0.05, 0) is 52.3 Å². The van der Waals surface area contributed by atoms with Crippen LogP contribution in [0.4, 0.5) is 0 Å². The van der Waals surface area contributed by atoms with Crippen LogP contribution in [0.5, 0.6) is 0 Å². The summed E-state index contributed by atoms with van der Waals surface area (Å²) in [4.78, 5) is 65.8. The fourth-order valence-corrected chi connectivity index (χ4v) is 10.6. The summed E-state index contributed by atoms with van der Waals surface area (Å²) in [7, 11) is -7.82. The molecule has 0 radical (unpaired) electrons. The topological polar surface area (TPSA) is 249 Å². The number of benzene rings is 2. The highest BCUT2D eigenvalue weighted by molar-refractivity contribution is 8.26. The van der Waals surface area contributed by atoms with E-state index in [1.165, 1.54) is 42.6 Å². The van der Waals surface area contributed by atoms with Crippen LogP contribution in [0.3, 0.4) is 0 Å². The molecule has 51 heavy (non-hydrogen) atoms. The minimum absolute atomic E-state index is 0.0666. The van der Waals surface area contributed by atoms with E-state index in [4.69, 9.17) is 19.8 Å². The minimum Gasteiger partial charge on any atom is -0.798 e. The van der Waals surface area contributed by atoms with Crippen LogP contribution in [0.25, 0.3) is 0 Å². The molecule has 4 aliphatic rings. The zero-order chi connectivity index (χ0) is 37.8. The normalized spacial score (nSPS) is 27.7. The van der Waals surface area contributed by atoms with Crippen LogP contribution in [0, 0.1) is 6.92 Å². The third-order valence-corrected chi connectivity index (χ3v) is 14.6. The minimum atomic E-state index is -4.02. The Labute approximate surface area is 300 Å². The molecule has 6 atom stereocenters. The number of nitrogens with zero attached hydrogens (tertiary/aromatic N) is 2. The lowest BCUT2D eigenvalue weighted by molar-refractivity contribution is -0.181. The number of hydrogen-bond donors (Lipinski definition) is 3. The number of sulfone groups is 1. The lowest BCUT2D eigenvalue weighted by Crippen LogP contribution is -2.71. The summed E-state index contributed by atoms with van der Waals surface area (Å²) >= 11 is 1.31. The Bertz CT molecular complexity index is 1840. The van der Waals surface area contributed by atoms with Crippen molar-refractivity contribution < 1.29 is 55.5 Å². The van der Waals surface area contributed by atoms with Crippen molar-refractivity contribution in [2.45, 2.75) is 90.3 Å². The second kappa shape index (κ2) is 13.7. The molecule has 0 bridgehead atoms. The van der Waals surface area contributed by atoms with Crippen molar-refractivity contribution in [1.29, 1.82) is 0 Å². The molecule has 2 unspecified atom stereocenters. The number of rotatable bonds is 8. The molecule has 2 aromatic rings. The van der Waals surface area contributed by atoms with Crippen molar-refractivity contribution in [3.8, 4) is 0 Å².